The van der Waals surface area contributed by atoms with Crippen molar-refractivity contribution in [2.45, 2.75) is 5.16 Å². The van der Waals surface area contributed by atoms with Crippen molar-refractivity contribution in [1.29, 1.82) is 0 Å². The van der Waals surface area contributed by atoms with Gasteiger partial charge in [-0.05, 0) is 13.3 Å². The van der Waals surface area contributed by atoms with Gasteiger partial charge in [-0.25, -0.2) is 9.97 Å². The summed E-state index contributed by atoms with van der Waals surface area (Å²) in [5.41, 5.74) is 0. The van der Waals surface area contributed by atoms with Crippen LogP contribution >= 0.6 is 23.4 Å². The minimum Gasteiger partial charge on any atom is -0.369 e. The van der Waals surface area contributed by atoms with E-state index in [1.165, 1.54) is 11.8 Å². The quantitative estimate of drug-likeness (QED) is 0.505. The lowest BCUT2D eigenvalue weighted by molar-refractivity contribution is 0.158. The van der Waals surface area contributed by atoms with Crippen molar-refractivity contribution in [3.63, 3.8) is 0 Å². The number of hydrogen-bond donors (Lipinski definition) is 1. The molecule has 0 bridgehead atoms. The zero-order valence-electron chi connectivity index (χ0n) is 11.4. The molecule has 1 aliphatic rings. The number of piperazine rings is 1. The number of hydrogen-bond acceptors (Lipinski definition) is 6. The molecule has 19 heavy (non-hydrogen) atoms. The van der Waals surface area contributed by atoms with Crippen LogP contribution in [0.5, 0.6) is 0 Å². The fraction of sp³-hybridized carbons (Fsp3) is 0.667. The highest BCUT2D eigenvalue weighted by molar-refractivity contribution is 7.98. The molecule has 2 rings (SSSR count). The Labute approximate surface area is 123 Å². The van der Waals surface area contributed by atoms with E-state index in [-0.39, 0.29) is 0 Å². The summed E-state index contributed by atoms with van der Waals surface area (Å²) in [4.78, 5) is 13.3. The fourth-order valence-corrected chi connectivity index (χ4v) is 2.60. The Morgan fingerprint density at radius 1 is 1.32 bits per heavy atom. The van der Waals surface area contributed by atoms with Gasteiger partial charge < -0.3 is 10.2 Å². The average Bonchev–Trinajstić information content (AvgIpc) is 2.40. The molecule has 1 saturated heterocycles. The van der Waals surface area contributed by atoms with E-state index in [9.17, 15) is 0 Å². The second kappa shape index (κ2) is 7.28. The molecule has 106 valence electrons. The first kappa shape index (κ1) is 14.8. The van der Waals surface area contributed by atoms with Crippen molar-refractivity contribution in [3.8, 4) is 0 Å². The summed E-state index contributed by atoms with van der Waals surface area (Å²) in [6, 6.07) is 1.77. The van der Waals surface area contributed by atoms with E-state index >= 15 is 0 Å². The minimum atomic E-state index is 0.487. The molecule has 5 nitrogen and oxygen atoms in total. The van der Waals surface area contributed by atoms with Crippen molar-refractivity contribution in [2.24, 2.45) is 0 Å². The second-order valence-corrected chi connectivity index (χ2v) is 5.79. The van der Waals surface area contributed by atoms with Gasteiger partial charge in [0.2, 0.25) is 0 Å². The van der Waals surface area contributed by atoms with Gasteiger partial charge in [0, 0.05) is 45.3 Å². The van der Waals surface area contributed by atoms with Crippen LogP contribution in [0.25, 0.3) is 0 Å². The van der Waals surface area contributed by atoms with Gasteiger partial charge in [-0.15, -0.1) is 0 Å². The number of likely N-dealkylation sites (N-methyl/N-ethyl adjacent to an activating group) is 1. The summed E-state index contributed by atoms with van der Waals surface area (Å²) in [7, 11) is 2.17. The van der Waals surface area contributed by atoms with Crippen LogP contribution in [0, 0.1) is 0 Å². The van der Waals surface area contributed by atoms with Crippen LogP contribution < -0.4 is 5.32 Å². The average molecular weight is 302 g/mol. The number of thioether (sulfide) groups is 1. The predicted octanol–water partition coefficient (Wildman–Crippen LogP) is 1.51. The molecule has 0 radical (unpaired) electrons. The summed E-state index contributed by atoms with van der Waals surface area (Å²) in [5, 5.41) is 4.51. The van der Waals surface area contributed by atoms with Crippen molar-refractivity contribution >= 4 is 29.2 Å². The molecule has 1 N–H and O–H groups in total. The van der Waals surface area contributed by atoms with Crippen LogP contribution in [-0.2, 0) is 0 Å². The maximum atomic E-state index is 5.95. The van der Waals surface area contributed by atoms with Gasteiger partial charge in [-0.3, -0.25) is 4.90 Å². The molecule has 2 heterocycles. The van der Waals surface area contributed by atoms with Crippen LogP contribution in [0.3, 0.4) is 0 Å². The highest BCUT2D eigenvalue weighted by Gasteiger charge is 2.12. The van der Waals surface area contributed by atoms with Crippen molar-refractivity contribution in [2.75, 3.05) is 57.9 Å². The van der Waals surface area contributed by atoms with Crippen molar-refractivity contribution < 1.29 is 0 Å². The van der Waals surface area contributed by atoms with Gasteiger partial charge in [-0.2, -0.15) is 0 Å². The first-order valence-corrected chi connectivity index (χ1v) is 8.01. The van der Waals surface area contributed by atoms with Gasteiger partial charge in [0.05, 0.1) is 0 Å². The topological polar surface area (TPSA) is 44.3 Å². The molecule has 0 amide bonds. The first-order valence-electron chi connectivity index (χ1n) is 6.41. The first-order chi connectivity index (χ1) is 9.17. The number of aromatic nitrogens is 2. The monoisotopic (exact) mass is 301 g/mol. The molecule has 0 spiro atoms. The Kier molecular flexibility index (Phi) is 5.69. The zero-order valence-corrected chi connectivity index (χ0v) is 13.0. The highest BCUT2D eigenvalue weighted by Crippen LogP contribution is 2.16. The Hall–Kier alpha value is -0.560. The van der Waals surface area contributed by atoms with Crippen molar-refractivity contribution in [3.05, 3.63) is 11.2 Å². The normalized spacial score (nSPS) is 17.6. The lowest BCUT2D eigenvalue weighted by Crippen LogP contribution is -2.45. The maximum absolute atomic E-state index is 5.95. The molecule has 0 aromatic carbocycles. The van der Waals surface area contributed by atoms with Crippen LogP contribution in [0.1, 0.15) is 0 Å². The lowest BCUT2D eigenvalue weighted by atomic mass is 10.3. The van der Waals surface area contributed by atoms with E-state index in [4.69, 9.17) is 11.6 Å². The molecule has 1 aliphatic heterocycles. The molecule has 1 aromatic rings. The third-order valence-corrected chi connectivity index (χ3v) is 3.93. The van der Waals surface area contributed by atoms with E-state index in [2.05, 4.69) is 32.1 Å². The number of nitrogens with one attached hydrogen (secondary N) is 1. The Bertz CT molecular complexity index is 409. The number of rotatable bonds is 5. The van der Waals surface area contributed by atoms with E-state index in [1.54, 1.807) is 6.07 Å². The number of halogens is 1. The standard InChI is InChI=1S/C12H20ClN5S/c1-17-5-7-18(8-6-17)4-3-14-11-9-10(13)15-12(16-11)19-2/h9H,3-8H2,1-2H3,(H,14,15,16). The molecular weight excluding hydrogens is 282 g/mol. The third-order valence-electron chi connectivity index (χ3n) is 3.19. The van der Waals surface area contributed by atoms with E-state index < -0.39 is 0 Å². The highest BCUT2D eigenvalue weighted by atomic mass is 35.5. The summed E-state index contributed by atoms with van der Waals surface area (Å²) < 4.78 is 0. The lowest BCUT2D eigenvalue weighted by Gasteiger charge is -2.32. The molecular formula is C12H20ClN5S. The van der Waals surface area contributed by atoms with Gasteiger partial charge in [0.15, 0.2) is 5.16 Å². The summed E-state index contributed by atoms with van der Waals surface area (Å²) in [6.45, 7) is 6.48. The summed E-state index contributed by atoms with van der Waals surface area (Å²) >= 11 is 7.45. The maximum Gasteiger partial charge on any atom is 0.190 e. The van der Waals surface area contributed by atoms with Crippen LogP contribution in [-0.4, -0.2) is 72.3 Å². The largest absolute Gasteiger partial charge is 0.369 e. The predicted molar refractivity (Wildman–Crippen MR) is 81.2 cm³/mol. The van der Waals surface area contributed by atoms with E-state index in [1.807, 2.05) is 6.26 Å². The fourth-order valence-electron chi connectivity index (χ4n) is 1.99. The van der Waals surface area contributed by atoms with Gasteiger partial charge in [0.25, 0.3) is 0 Å². The van der Waals surface area contributed by atoms with Crippen molar-refractivity contribution in [1.82, 2.24) is 19.8 Å². The Balaban J connectivity index is 1.77. The molecule has 1 fully saturated rings. The zero-order chi connectivity index (χ0) is 13.7. The van der Waals surface area contributed by atoms with E-state index in [0.717, 1.165) is 45.1 Å². The Morgan fingerprint density at radius 3 is 2.74 bits per heavy atom. The SMILES string of the molecule is CSc1nc(Cl)cc(NCCN2CCN(C)CC2)n1. The smallest absolute Gasteiger partial charge is 0.190 e. The minimum absolute atomic E-state index is 0.487. The molecule has 0 saturated carbocycles. The van der Waals surface area contributed by atoms with Crippen LogP contribution in [0.4, 0.5) is 5.82 Å². The van der Waals surface area contributed by atoms with Gasteiger partial charge in [-0.1, -0.05) is 23.4 Å². The summed E-state index contributed by atoms with van der Waals surface area (Å²) in [5.74, 6) is 0.804. The molecule has 0 unspecified atom stereocenters. The number of nitrogens with zero attached hydrogens (tertiary/aromatic N) is 4. The Morgan fingerprint density at radius 2 is 2.05 bits per heavy atom. The van der Waals surface area contributed by atoms with E-state index in [0.29, 0.717) is 10.3 Å². The molecule has 0 atom stereocenters. The molecule has 0 aliphatic carbocycles. The third kappa shape index (κ3) is 4.80. The molecule has 7 heteroatoms. The van der Waals surface area contributed by atoms with Gasteiger partial charge in [0.1, 0.15) is 11.0 Å². The summed E-state index contributed by atoms with van der Waals surface area (Å²) in [6.07, 6.45) is 1.94. The van der Waals surface area contributed by atoms with Crippen LogP contribution in [0.2, 0.25) is 5.15 Å². The van der Waals surface area contributed by atoms with Crippen LogP contribution in [0.15, 0.2) is 11.2 Å². The second-order valence-electron chi connectivity index (χ2n) is 4.63. The number of anilines is 1. The molecule has 1 aromatic heterocycles. The van der Waals surface area contributed by atoms with Gasteiger partial charge >= 0.3 is 0 Å².